The summed E-state index contributed by atoms with van der Waals surface area (Å²) in [5, 5.41) is 3.44. The maximum Gasteiger partial charge on any atom is 0.0476 e. The molecule has 106 valence electrons. The monoisotopic (exact) mass is 301 g/mol. The van der Waals surface area contributed by atoms with Crippen LogP contribution in [-0.2, 0) is 0 Å². The average molecular weight is 301 g/mol. The summed E-state index contributed by atoms with van der Waals surface area (Å²) < 4.78 is 1.31. The van der Waals surface area contributed by atoms with Crippen molar-refractivity contribution in [3.05, 3.63) is 90.3 Å². The SMILES string of the molecule is c1ccc(N(c2ccccc2)c2ccc3ccsc3c2)cc1. The molecule has 0 amide bonds. The van der Waals surface area contributed by atoms with Crippen LogP contribution in [0.25, 0.3) is 10.1 Å². The zero-order valence-corrected chi connectivity index (χ0v) is 12.8. The molecule has 0 radical (unpaired) electrons. The van der Waals surface area contributed by atoms with Crippen LogP contribution in [0.5, 0.6) is 0 Å². The highest BCUT2D eigenvalue weighted by Crippen LogP contribution is 2.36. The Balaban J connectivity index is 1.90. The van der Waals surface area contributed by atoms with Gasteiger partial charge in [-0.25, -0.2) is 0 Å². The lowest BCUT2D eigenvalue weighted by molar-refractivity contribution is 1.29. The molecule has 2 heteroatoms. The number of hydrogen-bond acceptors (Lipinski definition) is 2. The van der Waals surface area contributed by atoms with Gasteiger partial charge in [0, 0.05) is 21.8 Å². The van der Waals surface area contributed by atoms with Crippen LogP contribution in [0.2, 0.25) is 0 Å². The number of fused-ring (bicyclic) bond motifs is 1. The lowest BCUT2D eigenvalue weighted by Crippen LogP contribution is -2.09. The van der Waals surface area contributed by atoms with Crippen LogP contribution in [0.4, 0.5) is 17.1 Å². The molecule has 0 fully saturated rings. The number of anilines is 3. The normalized spacial score (nSPS) is 10.7. The predicted molar refractivity (Wildman–Crippen MR) is 96.5 cm³/mol. The first-order valence-electron chi connectivity index (χ1n) is 7.29. The molecule has 0 aliphatic rings. The second kappa shape index (κ2) is 5.66. The Kier molecular flexibility index (Phi) is 3.37. The van der Waals surface area contributed by atoms with Gasteiger partial charge in [-0.3, -0.25) is 0 Å². The van der Waals surface area contributed by atoms with E-state index in [-0.39, 0.29) is 0 Å². The van der Waals surface area contributed by atoms with Crippen LogP contribution in [0, 0.1) is 0 Å². The van der Waals surface area contributed by atoms with E-state index >= 15 is 0 Å². The third-order valence-electron chi connectivity index (χ3n) is 3.73. The van der Waals surface area contributed by atoms with E-state index in [4.69, 9.17) is 0 Å². The average Bonchev–Trinajstić information content (AvgIpc) is 3.05. The minimum absolute atomic E-state index is 1.17. The van der Waals surface area contributed by atoms with Crippen molar-refractivity contribution in [2.45, 2.75) is 0 Å². The number of nitrogens with zero attached hydrogens (tertiary/aromatic N) is 1. The summed E-state index contributed by atoms with van der Waals surface area (Å²) in [5.41, 5.74) is 3.53. The molecule has 1 nitrogen and oxygen atoms in total. The lowest BCUT2D eigenvalue weighted by atomic mass is 10.1. The fraction of sp³-hybridized carbons (Fsp3) is 0. The summed E-state index contributed by atoms with van der Waals surface area (Å²) in [6.45, 7) is 0. The summed E-state index contributed by atoms with van der Waals surface area (Å²) in [4.78, 5) is 2.29. The highest BCUT2D eigenvalue weighted by atomic mass is 32.1. The maximum atomic E-state index is 2.29. The Labute approximate surface area is 134 Å². The number of para-hydroxylation sites is 2. The molecule has 0 saturated carbocycles. The Morgan fingerprint density at radius 3 is 1.86 bits per heavy atom. The first-order chi connectivity index (χ1) is 10.9. The molecule has 0 saturated heterocycles. The zero-order chi connectivity index (χ0) is 14.8. The highest BCUT2D eigenvalue weighted by molar-refractivity contribution is 7.17. The van der Waals surface area contributed by atoms with Gasteiger partial charge in [0.05, 0.1) is 0 Å². The lowest BCUT2D eigenvalue weighted by Gasteiger charge is -2.25. The van der Waals surface area contributed by atoms with Gasteiger partial charge in [0.2, 0.25) is 0 Å². The van der Waals surface area contributed by atoms with Crippen molar-refractivity contribution in [3.63, 3.8) is 0 Å². The molecule has 0 aliphatic carbocycles. The quantitative estimate of drug-likeness (QED) is 0.425. The van der Waals surface area contributed by atoms with Gasteiger partial charge < -0.3 is 4.90 Å². The molecule has 4 rings (SSSR count). The molecule has 0 bridgehead atoms. The third kappa shape index (κ3) is 2.38. The van der Waals surface area contributed by atoms with E-state index in [0.717, 1.165) is 0 Å². The molecular formula is C20H15NS. The minimum atomic E-state index is 1.17. The van der Waals surface area contributed by atoms with Gasteiger partial charge in [0.1, 0.15) is 0 Å². The smallest absolute Gasteiger partial charge is 0.0476 e. The van der Waals surface area contributed by atoms with Gasteiger partial charge in [-0.05, 0) is 53.2 Å². The summed E-state index contributed by atoms with van der Waals surface area (Å²) in [6.07, 6.45) is 0. The fourth-order valence-corrected chi connectivity index (χ4v) is 3.51. The van der Waals surface area contributed by atoms with Crippen molar-refractivity contribution >= 4 is 38.5 Å². The first-order valence-corrected chi connectivity index (χ1v) is 8.17. The van der Waals surface area contributed by atoms with Crippen molar-refractivity contribution in [2.75, 3.05) is 4.90 Å². The molecule has 1 heterocycles. The summed E-state index contributed by atoms with van der Waals surface area (Å²) in [7, 11) is 0. The van der Waals surface area contributed by atoms with Crippen LogP contribution in [0.3, 0.4) is 0 Å². The van der Waals surface area contributed by atoms with Crippen LogP contribution >= 0.6 is 11.3 Å². The van der Waals surface area contributed by atoms with E-state index in [2.05, 4.69) is 95.2 Å². The van der Waals surface area contributed by atoms with Crippen molar-refractivity contribution in [1.82, 2.24) is 0 Å². The van der Waals surface area contributed by atoms with Crippen LogP contribution in [-0.4, -0.2) is 0 Å². The van der Waals surface area contributed by atoms with Gasteiger partial charge in [-0.1, -0.05) is 42.5 Å². The second-order valence-electron chi connectivity index (χ2n) is 5.15. The minimum Gasteiger partial charge on any atom is -0.310 e. The van der Waals surface area contributed by atoms with Crippen molar-refractivity contribution in [2.24, 2.45) is 0 Å². The van der Waals surface area contributed by atoms with Crippen LogP contribution in [0.15, 0.2) is 90.3 Å². The summed E-state index contributed by atoms with van der Waals surface area (Å²) in [5.74, 6) is 0. The Bertz CT molecular complexity index is 842. The van der Waals surface area contributed by atoms with E-state index < -0.39 is 0 Å². The Morgan fingerprint density at radius 2 is 1.23 bits per heavy atom. The highest BCUT2D eigenvalue weighted by Gasteiger charge is 2.12. The number of rotatable bonds is 3. The second-order valence-corrected chi connectivity index (χ2v) is 6.10. The molecule has 3 aromatic carbocycles. The number of hydrogen-bond donors (Lipinski definition) is 0. The van der Waals surface area contributed by atoms with E-state index in [9.17, 15) is 0 Å². The van der Waals surface area contributed by atoms with Crippen molar-refractivity contribution in [3.8, 4) is 0 Å². The summed E-state index contributed by atoms with van der Waals surface area (Å²) >= 11 is 1.78. The molecule has 0 unspecified atom stereocenters. The largest absolute Gasteiger partial charge is 0.310 e. The Morgan fingerprint density at radius 1 is 0.591 bits per heavy atom. The Hall–Kier alpha value is -2.58. The third-order valence-corrected chi connectivity index (χ3v) is 4.61. The molecule has 0 aliphatic heterocycles. The number of thiophene rings is 1. The zero-order valence-electron chi connectivity index (χ0n) is 12.0. The van der Waals surface area contributed by atoms with Gasteiger partial charge in [-0.15, -0.1) is 11.3 Å². The van der Waals surface area contributed by atoms with Crippen molar-refractivity contribution < 1.29 is 0 Å². The van der Waals surface area contributed by atoms with Gasteiger partial charge >= 0.3 is 0 Å². The topological polar surface area (TPSA) is 3.24 Å². The van der Waals surface area contributed by atoms with E-state index in [0.29, 0.717) is 0 Å². The molecular weight excluding hydrogens is 286 g/mol. The van der Waals surface area contributed by atoms with Crippen LogP contribution < -0.4 is 4.90 Å². The fourth-order valence-electron chi connectivity index (χ4n) is 2.68. The molecule has 4 aromatic rings. The standard InChI is InChI=1S/C20H15NS/c1-3-7-17(8-4-1)21(18-9-5-2-6-10-18)19-12-11-16-13-14-22-20(16)15-19/h1-15H. The molecule has 1 aromatic heterocycles. The van der Waals surface area contributed by atoms with Gasteiger partial charge in [-0.2, -0.15) is 0 Å². The molecule has 22 heavy (non-hydrogen) atoms. The van der Waals surface area contributed by atoms with Crippen LogP contribution in [0.1, 0.15) is 0 Å². The predicted octanol–water partition coefficient (Wildman–Crippen LogP) is 6.37. The maximum absolute atomic E-state index is 2.29. The molecule has 0 N–H and O–H groups in total. The van der Waals surface area contributed by atoms with Crippen molar-refractivity contribution in [1.29, 1.82) is 0 Å². The number of benzene rings is 3. The molecule has 0 spiro atoms. The van der Waals surface area contributed by atoms with Gasteiger partial charge in [0.15, 0.2) is 0 Å². The first kappa shape index (κ1) is 13.1. The summed E-state index contributed by atoms with van der Waals surface area (Å²) in [6, 6.07) is 29.8. The van der Waals surface area contributed by atoms with E-state index in [1.165, 1.54) is 27.1 Å². The molecule has 0 atom stereocenters. The van der Waals surface area contributed by atoms with E-state index in [1.807, 2.05) is 0 Å². The van der Waals surface area contributed by atoms with E-state index in [1.54, 1.807) is 11.3 Å². The van der Waals surface area contributed by atoms with Gasteiger partial charge in [0.25, 0.3) is 0 Å².